The first-order valence-corrected chi connectivity index (χ1v) is 11.0. The van der Waals surface area contributed by atoms with Gasteiger partial charge >= 0.3 is 0 Å². The minimum Gasteiger partial charge on any atom is -0.483 e. The monoisotopic (exact) mass is 446 g/mol. The number of ether oxygens (including phenoxy) is 3. The van der Waals surface area contributed by atoms with Gasteiger partial charge in [-0.25, -0.2) is 0 Å². The molecule has 2 aliphatic rings. The van der Waals surface area contributed by atoms with Crippen LogP contribution in [0.2, 0.25) is 0 Å². The predicted molar refractivity (Wildman–Crippen MR) is 124 cm³/mol. The summed E-state index contributed by atoms with van der Waals surface area (Å²) in [5.74, 6) is 3.04. The van der Waals surface area contributed by atoms with Crippen molar-refractivity contribution < 1.29 is 19.0 Å². The van der Waals surface area contributed by atoms with Gasteiger partial charge in [0.05, 0.1) is 5.69 Å². The van der Waals surface area contributed by atoms with Crippen LogP contribution < -0.4 is 19.1 Å². The number of hydrogen-bond donors (Lipinski definition) is 0. The summed E-state index contributed by atoms with van der Waals surface area (Å²) in [5, 5.41) is 8.81. The van der Waals surface area contributed by atoms with E-state index in [0.29, 0.717) is 26.2 Å². The number of rotatable bonds is 5. The third kappa shape index (κ3) is 4.41. The Morgan fingerprint density at radius 1 is 0.970 bits per heavy atom. The Morgan fingerprint density at radius 2 is 1.79 bits per heavy atom. The second kappa shape index (κ2) is 8.97. The molecular formula is C25H26N4O4. The van der Waals surface area contributed by atoms with Crippen LogP contribution in [-0.4, -0.2) is 60.6 Å². The van der Waals surface area contributed by atoms with Crippen LogP contribution >= 0.6 is 0 Å². The maximum Gasteiger partial charge on any atom is 0.260 e. The van der Waals surface area contributed by atoms with Gasteiger partial charge < -0.3 is 24.0 Å². The lowest BCUT2D eigenvalue weighted by molar-refractivity contribution is -0.133. The standard InChI is InChI=1S/C25H26N4O4/c1-17-4-3-5-21(18(17)2)31-15-25(30)29-12-10-28(11-13-29)24-9-7-20(26-27-24)19-6-8-22-23(14-19)33-16-32-22/h3-9,14H,10-13,15-16H2,1-2H3. The number of aromatic nitrogens is 2. The summed E-state index contributed by atoms with van der Waals surface area (Å²) in [7, 11) is 0. The van der Waals surface area contributed by atoms with E-state index in [-0.39, 0.29) is 19.3 Å². The number of fused-ring (bicyclic) bond motifs is 1. The molecule has 3 heterocycles. The van der Waals surface area contributed by atoms with Gasteiger partial charge in [0.25, 0.3) is 5.91 Å². The van der Waals surface area contributed by atoms with Gasteiger partial charge in [-0.05, 0) is 61.4 Å². The Bertz CT molecular complexity index is 1160. The molecule has 0 radical (unpaired) electrons. The van der Waals surface area contributed by atoms with E-state index in [1.807, 2.05) is 67.3 Å². The van der Waals surface area contributed by atoms with Gasteiger partial charge in [0.15, 0.2) is 23.9 Å². The average Bonchev–Trinajstić information content (AvgIpc) is 3.33. The Labute approximate surface area is 192 Å². The van der Waals surface area contributed by atoms with Gasteiger partial charge in [-0.1, -0.05) is 12.1 Å². The first kappa shape index (κ1) is 21.1. The van der Waals surface area contributed by atoms with E-state index < -0.39 is 0 Å². The minimum atomic E-state index is -0.000189. The molecule has 1 aromatic heterocycles. The molecular weight excluding hydrogens is 420 g/mol. The van der Waals surface area contributed by atoms with Crippen molar-refractivity contribution in [1.82, 2.24) is 15.1 Å². The van der Waals surface area contributed by atoms with Crippen LogP contribution in [0, 0.1) is 13.8 Å². The second-order valence-corrected chi connectivity index (χ2v) is 8.20. The van der Waals surface area contributed by atoms with E-state index in [0.717, 1.165) is 45.5 Å². The number of carbonyl (C=O) groups is 1. The third-order valence-electron chi connectivity index (χ3n) is 6.18. The molecule has 1 fully saturated rings. The van der Waals surface area contributed by atoms with Crippen molar-refractivity contribution in [2.45, 2.75) is 13.8 Å². The van der Waals surface area contributed by atoms with Crippen molar-refractivity contribution in [3.05, 3.63) is 59.7 Å². The fourth-order valence-corrected chi connectivity index (χ4v) is 4.00. The highest BCUT2D eigenvalue weighted by atomic mass is 16.7. The zero-order valence-electron chi connectivity index (χ0n) is 18.8. The number of anilines is 1. The Balaban J connectivity index is 1.15. The SMILES string of the molecule is Cc1cccc(OCC(=O)N2CCN(c3ccc(-c4ccc5c(c4)OCO5)nn3)CC2)c1C. The van der Waals surface area contributed by atoms with Gasteiger partial charge in [-0.2, -0.15) is 0 Å². The van der Waals surface area contributed by atoms with Crippen molar-refractivity contribution in [3.8, 4) is 28.5 Å². The summed E-state index contributed by atoms with van der Waals surface area (Å²) in [6.07, 6.45) is 0. The average molecular weight is 447 g/mol. The second-order valence-electron chi connectivity index (χ2n) is 8.20. The lowest BCUT2D eigenvalue weighted by Gasteiger charge is -2.35. The van der Waals surface area contributed by atoms with E-state index in [4.69, 9.17) is 14.2 Å². The van der Waals surface area contributed by atoms with Crippen LogP contribution in [0.25, 0.3) is 11.3 Å². The fraction of sp³-hybridized carbons (Fsp3) is 0.320. The van der Waals surface area contributed by atoms with E-state index in [1.165, 1.54) is 0 Å². The highest BCUT2D eigenvalue weighted by Gasteiger charge is 2.23. The quantitative estimate of drug-likeness (QED) is 0.596. The highest BCUT2D eigenvalue weighted by Crippen LogP contribution is 2.35. The first-order valence-electron chi connectivity index (χ1n) is 11.0. The van der Waals surface area contributed by atoms with E-state index in [2.05, 4.69) is 15.1 Å². The summed E-state index contributed by atoms with van der Waals surface area (Å²) in [6, 6.07) is 15.5. The van der Waals surface area contributed by atoms with Crippen LogP contribution in [0.15, 0.2) is 48.5 Å². The lowest BCUT2D eigenvalue weighted by Crippen LogP contribution is -2.50. The molecule has 0 N–H and O–H groups in total. The molecule has 8 nitrogen and oxygen atoms in total. The maximum atomic E-state index is 12.6. The van der Waals surface area contributed by atoms with Crippen LogP contribution in [0.1, 0.15) is 11.1 Å². The number of nitrogens with zero attached hydrogens (tertiary/aromatic N) is 4. The van der Waals surface area contributed by atoms with Crippen molar-refractivity contribution in [2.75, 3.05) is 44.5 Å². The molecule has 170 valence electrons. The van der Waals surface area contributed by atoms with Gasteiger partial charge in [0, 0.05) is 31.7 Å². The van der Waals surface area contributed by atoms with E-state index in [1.54, 1.807) is 0 Å². The molecule has 2 aromatic carbocycles. The molecule has 0 unspecified atom stereocenters. The Hall–Kier alpha value is -3.81. The van der Waals surface area contributed by atoms with Crippen LogP contribution in [0.4, 0.5) is 5.82 Å². The molecule has 3 aromatic rings. The summed E-state index contributed by atoms with van der Waals surface area (Å²) in [4.78, 5) is 16.6. The number of amides is 1. The molecule has 8 heteroatoms. The topological polar surface area (TPSA) is 77.0 Å². The summed E-state index contributed by atoms with van der Waals surface area (Å²) < 4.78 is 16.6. The number of carbonyl (C=O) groups excluding carboxylic acids is 1. The summed E-state index contributed by atoms with van der Waals surface area (Å²) in [6.45, 7) is 6.99. The molecule has 5 rings (SSSR count). The molecule has 1 saturated heterocycles. The fourth-order valence-electron chi connectivity index (χ4n) is 4.00. The van der Waals surface area contributed by atoms with Crippen molar-refractivity contribution in [3.63, 3.8) is 0 Å². The summed E-state index contributed by atoms with van der Waals surface area (Å²) in [5.41, 5.74) is 3.92. The molecule has 2 aliphatic heterocycles. The van der Waals surface area contributed by atoms with Gasteiger partial charge in [0.1, 0.15) is 5.75 Å². The molecule has 0 atom stereocenters. The first-order chi connectivity index (χ1) is 16.1. The lowest BCUT2D eigenvalue weighted by atomic mass is 10.1. The van der Waals surface area contributed by atoms with Crippen molar-refractivity contribution in [1.29, 1.82) is 0 Å². The minimum absolute atomic E-state index is 0.000189. The van der Waals surface area contributed by atoms with E-state index >= 15 is 0 Å². The van der Waals surface area contributed by atoms with Gasteiger partial charge in [-0.15, -0.1) is 10.2 Å². The van der Waals surface area contributed by atoms with Gasteiger partial charge in [0.2, 0.25) is 6.79 Å². The maximum absolute atomic E-state index is 12.6. The van der Waals surface area contributed by atoms with Crippen molar-refractivity contribution in [2.24, 2.45) is 0 Å². The zero-order valence-corrected chi connectivity index (χ0v) is 18.8. The molecule has 1 amide bonds. The molecule has 33 heavy (non-hydrogen) atoms. The number of piperazine rings is 1. The van der Waals surface area contributed by atoms with Crippen LogP contribution in [0.5, 0.6) is 17.2 Å². The smallest absolute Gasteiger partial charge is 0.260 e. The number of benzene rings is 2. The van der Waals surface area contributed by atoms with Crippen LogP contribution in [0.3, 0.4) is 0 Å². The number of aryl methyl sites for hydroxylation is 1. The number of hydrogen-bond acceptors (Lipinski definition) is 7. The predicted octanol–water partition coefficient (Wildman–Crippen LogP) is 3.22. The normalized spacial score (nSPS) is 15.0. The molecule has 0 saturated carbocycles. The van der Waals surface area contributed by atoms with Gasteiger partial charge in [-0.3, -0.25) is 4.79 Å². The van der Waals surface area contributed by atoms with Crippen molar-refractivity contribution >= 4 is 11.7 Å². The Morgan fingerprint density at radius 3 is 2.58 bits per heavy atom. The Kier molecular flexibility index (Phi) is 5.73. The zero-order chi connectivity index (χ0) is 22.8. The molecule has 0 spiro atoms. The van der Waals surface area contributed by atoms with Crippen LogP contribution in [-0.2, 0) is 4.79 Å². The molecule has 0 bridgehead atoms. The highest BCUT2D eigenvalue weighted by molar-refractivity contribution is 5.78. The summed E-state index contributed by atoms with van der Waals surface area (Å²) >= 11 is 0. The van der Waals surface area contributed by atoms with E-state index in [9.17, 15) is 4.79 Å². The third-order valence-corrected chi connectivity index (χ3v) is 6.18. The molecule has 0 aliphatic carbocycles. The largest absolute Gasteiger partial charge is 0.483 e.